The second-order valence-electron chi connectivity index (χ2n) is 3.94. The van der Waals surface area contributed by atoms with Crippen LogP contribution in [0.3, 0.4) is 0 Å². The smallest absolute Gasteiger partial charge is 0.322 e. The molecule has 2 rings (SSSR count). The van der Waals surface area contributed by atoms with E-state index in [1.807, 2.05) is 0 Å². The Labute approximate surface area is 121 Å². The van der Waals surface area contributed by atoms with E-state index in [0.717, 1.165) is 24.3 Å². The van der Waals surface area contributed by atoms with Gasteiger partial charge < -0.3 is 5.32 Å². The van der Waals surface area contributed by atoms with Crippen LogP contribution < -0.4 is 5.32 Å². The van der Waals surface area contributed by atoms with Crippen LogP contribution in [0.4, 0.5) is 18.9 Å². The number of benzene rings is 1. The molecule has 0 bridgehead atoms. The summed E-state index contributed by atoms with van der Waals surface area (Å²) in [6, 6.07) is 3.97. The fraction of sp³-hybridized carbons (Fsp3) is 0.0833. The molecule has 4 nitrogen and oxygen atoms in total. The number of halogens is 3. The van der Waals surface area contributed by atoms with E-state index < -0.39 is 36.4 Å². The molecule has 0 saturated heterocycles. The molecule has 1 N–H and O–H groups in total. The average Bonchev–Trinajstić information content (AvgIpc) is 2.88. The van der Waals surface area contributed by atoms with Crippen LogP contribution in [0, 0.1) is 0 Å². The molecule has 21 heavy (non-hydrogen) atoms. The largest absolute Gasteiger partial charge is 0.416 e. The number of carbonyl (C=O) groups is 1. The Morgan fingerprint density at radius 1 is 1.14 bits per heavy atom. The molecule has 1 aliphatic rings. The van der Waals surface area contributed by atoms with E-state index in [-0.39, 0.29) is 11.3 Å². The first-order valence-corrected chi connectivity index (χ1v) is 8.42. The minimum absolute atomic E-state index is 0.155. The molecular formula is C12H8F3NO3S2. The zero-order valence-electron chi connectivity index (χ0n) is 10.2. The number of rotatable bonds is 2. The maximum Gasteiger partial charge on any atom is 0.416 e. The molecule has 0 saturated carbocycles. The minimum Gasteiger partial charge on any atom is -0.322 e. The van der Waals surface area contributed by atoms with E-state index in [0.29, 0.717) is 0 Å². The van der Waals surface area contributed by atoms with Gasteiger partial charge in [0.1, 0.15) is 0 Å². The molecule has 0 spiro atoms. The Bertz CT molecular complexity index is 767. The summed E-state index contributed by atoms with van der Waals surface area (Å²) in [6.07, 6.45) is -3.08. The highest BCUT2D eigenvalue weighted by Gasteiger charge is 2.30. The number of anilines is 1. The molecule has 1 aromatic carbocycles. The first-order valence-electron chi connectivity index (χ1n) is 5.47. The van der Waals surface area contributed by atoms with Gasteiger partial charge in [0.25, 0.3) is 5.91 Å². The zero-order chi connectivity index (χ0) is 15.6. The van der Waals surface area contributed by atoms with Gasteiger partial charge >= 0.3 is 6.18 Å². The number of hydrogen-bond donors (Lipinski definition) is 1. The zero-order valence-corrected chi connectivity index (χ0v) is 11.8. The van der Waals surface area contributed by atoms with Crippen molar-refractivity contribution in [1.29, 1.82) is 0 Å². The lowest BCUT2D eigenvalue weighted by Gasteiger charge is -2.08. The van der Waals surface area contributed by atoms with Crippen LogP contribution in [0.2, 0.25) is 0 Å². The molecule has 1 atom stereocenters. The molecule has 0 aliphatic carbocycles. The van der Waals surface area contributed by atoms with Crippen molar-refractivity contribution in [1.82, 2.24) is 0 Å². The molecule has 0 fully saturated rings. The number of nitrogens with one attached hydrogen (secondary N) is 1. The highest BCUT2D eigenvalue weighted by Crippen LogP contribution is 2.29. The summed E-state index contributed by atoms with van der Waals surface area (Å²) in [4.78, 5) is 11.8. The number of carbonyl (C=O) groups excluding carboxylic acids is 1. The van der Waals surface area contributed by atoms with Crippen LogP contribution in [0.1, 0.15) is 5.56 Å². The maximum absolute atomic E-state index is 12.4. The third-order valence-corrected chi connectivity index (χ3v) is 5.28. The second-order valence-corrected chi connectivity index (χ2v) is 7.48. The SMILES string of the molecule is O=C(Nc1ccc(C(F)(F)F)cc1)C1=CS(=S(=O)=O)C=C1. The lowest BCUT2D eigenvalue weighted by atomic mass is 10.2. The number of hydrogen-bond acceptors (Lipinski definition) is 3. The van der Waals surface area contributed by atoms with E-state index in [1.165, 1.54) is 16.9 Å². The van der Waals surface area contributed by atoms with Crippen LogP contribution in [0.5, 0.6) is 0 Å². The third kappa shape index (κ3) is 3.82. The summed E-state index contributed by atoms with van der Waals surface area (Å²) in [5.74, 6) is -0.577. The van der Waals surface area contributed by atoms with Crippen molar-refractivity contribution in [2.24, 2.45) is 0 Å². The van der Waals surface area contributed by atoms with E-state index in [9.17, 15) is 26.4 Å². The molecule has 1 unspecified atom stereocenters. The summed E-state index contributed by atoms with van der Waals surface area (Å²) < 4.78 is 58.6. The maximum atomic E-state index is 12.4. The molecule has 9 heteroatoms. The van der Waals surface area contributed by atoms with Crippen molar-refractivity contribution in [3.05, 3.63) is 52.3 Å². The summed E-state index contributed by atoms with van der Waals surface area (Å²) >= 11 is 0. The summed E-state index contributed by atoms with van der Waals surface area (Å²) in [7, 11) is -3.47. The predicted molar refractivity (Wildman–Crippen MR) is 73.6 cm³/mol. The fourth-order valence-corrected chi connectivity index (χ4v) is 3.45. The summed E-state index contributed by atoms with van der Waals surface area (Å²) in [5, 5.41) is 5.05. The van der Waals surface area contributed by atoms with Crippen LogP contribution in [-0.4, -0.2) is 14.3 Å². The van der Waals surface area contributed by atoms with Gasteiger partial charge in [-0.25, -0.2) is 0 Å². The van der Waals surface area contributed by atoms with Crippen molar-refractivity contribution >= 4 is 30.3 Å². The normalized spacial score (nSPS) is 17.5. The monoisotopic (exact) mass is 335 g/mol. The molecule has 1 aliphatic heterocycles. The summed E-state index contributed by atoms with van der Waals surface area (Å²) in [5.41, 5.74) is -0.469. The van der Waals surface area contributed by atoms with E-state index in [1.54, 1.807) is 0 Å². The van der Waals surface area contributed by atoms with Gasteiger partial charge in [0.05, 0.1) is 5.56 Å². The van der Waals surface area contributed by atoms with Gasteiger partial charge in [-0.3, -0.25) is 4.79 Å². The van der Waals surface area contributed by atoms with Gasteiger partial charge in [-0.1, -0.05) is 0 Å². The van der Waals surface area contributed by atoms with Gasteiger partial charge in [0.2, 0.25) is 9.26 Å². The van der Waals surface area contributed by atoms with Crippen molar-refractivity contribution in [2.75, 3.05) is 5.32 Å². The van der Waals surface area contributed by atoms with Crippen molar-refractivity contribution in [2.45, 2.75) is 6.18 Å². The molecule has 0 radical (unpaired) electrons. The minimum atomic E-state index is -4.44. The Balaban J connectivity index is 2.13. The number of amides is 1. The van der Waals surface area contributed by atoms with Crippen molar-refractivity contribution in [3.8, 4) is 0 Å². The standard InChI is InChI=1S/C12H8F3NO3S2/c13-12(14,15)9-1-3-10(4-2-9)16-11(17)8-5-6-20(7-8)21(18)19/h1-7H,(H,16,17). The molecule has 0 aromatic heterocycles. The Hall–Kier alpha value is -1.87. The fourth-order valence-electron chi connectivity index (χ4n) is 1.50. The highest BCUT2D eigenvalue weighted by atomic mass is 32.9. The first-order chi connectivity index (χ1) is 9.77. The first kappa shape index (κ1) is 15.5. The predicted octanol–water partition coefficient (Wildman–Crippen LogP) is 2.47. The average molecular weight is 335 g/mol. The summed E-state index contributed by atoms with van der Waals surface area (Å²) in [6.45, 7) is 0. The van der Waals surface area contributed by atoms with E-state index in [2.05, 4.69) is 5.32 Å². The van der Waals surface area contributed by atoms with Gasteiger partial charge in [0, 0.05) is 11.3 Å². The highest BCUT2D eigenvalue weighted by molar-refractivity contribution is 8.37. The molecule has 112 valence electrons. The van der Waals surface area contributed by atoms with E-state index in [4.69, 9.17) is 0 Å². The van der Waals surface area contributed by atoms with Crippen molar-refractivity contribution in [3.63, 3.8) is 0 Å². The van der Waals surface area contributed by atoms with Crippen LogP contribution in [0.15, 0.2) is 46.7 Å². The molecule has 1 aromatic rings. The van der Waals surface area contributed by atoms with Gasteiger partial charge in [-0.05, 0) is 50.6 Å². The van der Waals surface area contributed by atoms with Crippen molar-refractivity contribution < 1.29 is 26.4 Å². The second kappa shape index (κ2) is 5.86. The molecular weight excluding hydrogens is 327 g/mol. The quantitative estimate of drug-likeness (QED) is 0.903. The van der Waals surface area contributed by atoms with Crippen LogP contribution in [0.25, 0.3) is 0 Å². The third-order valence-electron chi connectivity index (χ3n) is 2.51. The van der Waals surface area contributed by atoms with Gasteiger partial charge in [-0.2, -0.15) is 21.6 Å². The molecule has 1 amide bonds. The Morgan fingerprint density at radius 2 is 1.76 bits per heavy atom. The number of alkyl halides is 3. The lowest BCUT2D eigenvalue weighted by molar-refractivity contribution is -0.137. The van der Waals surface area contributed by atoms with Gasteiger partial charge in [-0.15, -0.1) is 0 Å². The molecule has 1 heterocycles. The Morgan fingerprint density at radius 3 is 2.24 bits per heavy atom. The van der Waals surface area contributed by atoms with Crippen LogP contribution in [-0.2, 0) is 29.7 Å². The van der Waals surface area contributed by atoms with E-state index >= 15 is 0 Å². The van der Waals surface area contributed by atoms with Crippen LogP contribution >= 0.6 is 0 Å². The topological polar surface area (TPSA) is 63.2 Å². The lowest BCUT2D eigenvalue weighted by Crippen LogP contribution is -2.13. The van der Waals surface area contributed by atoms with Gasteiger partial charge in [0.15, 0.2) is 0 Å². The Kier molecular flexibility index (Phi) is 4.33.